The Morgan fingerprint density at radius 1 is 1.21 bits per heavy atom. The van der Waals surface area contributed by atoms with Gasteiger partial charge in [0.05, 0.1) is 0 Å². The van der Waals surface area contributed by atoms with Crippen LogP contribution in [0, 0.1) is 11.8 Å². The van der Waals surface area contributed by atoms with E-state index in [1.807, 2.05) is 0 Å². The summed E-state index contributed by atoms with van der Waals surface area (Å²) in [7, 11) is 0. The van der Waals surface area contributed by atoms with Crippen molar-refractivity contribution < 1.29 is 20.1 Å². The molecule has 0 saturated heterocycles. The molecule has 0 aromatic carbocycles. The summed E-state index contributed by atoms with van der Waals surface area (Å²) in [6, 6.07) is 0. The van der Waals surface area contributed by atoms with E-state index in [9.17, 15) is 0 Å². The normalized spacial score (nSPS) is 7.57. The molecule has 0 saturated carbocycles. The first kappa shape index (κ1) is 15.1. The molecule has 0 spiro atoms. The van der Waals surface area contributed by atoms with Gasteiger partial charge in [0.2, 0.25) is 0 Å². The summed E-state index contributed by atoms with van der Waals surface area (Å²) in [6.07, 6.45) is 0. The summed E-state index contributed by atoms with van der Waals surface area (Å²) in [6.45, 7) is 8.10. The number of aliphatic hydroxyl groups is 3. The van der Waals surface area contributed by atoms with Crippen molar-refractivity contribution in [1.29, 1.82) is 0 Å². The fourth-order valence-electron chi connectivity index (χ4n) is 0.366. The van der Waals surface area contributed by atoms with Crippen LogP contribution in [0.3, 0.4) is 0 Å². The molecule has 0 unspecified atom stereocenters. The third-order valence-corrected chi connectivity index (χ3v) is 0.793. The van der Waals surface area contributed by atoms with E-state index in [4.69, 9.17) is 15.3 Å². The molecule has 14 heavy (non-hydrogen) atoms. The number of hydrogen-bond acceptors (Lipinski definition) is 4. The summed E-state index contributed by atoms with van der Waals surface area (Å²) < 4.78 is 4.66. The minimum absolute atomic E-state index is 0.0174. The van der Waals surface area contributed by atoms with E-state index in [0.29, 0.717) is 0 Å². The number of rotatable bonds is 4. The van der Waals surface area contributed by atoms with Gasteiger partial charge in [0.15, 0.2) is 0 Å². The highest BCUT2D eigenvalue weighted by atomic mass is 16.5. The van der Waals surface area contributed by atoms with Gasteiger partial charge in [0.25, 0.3) is 0 Å². The third-order valence-electron chi connectivity index (χ3n) is 0.793. The summed E-state index contributed by atoms with van der Waals surface area (Å²) in [5.74, 6) is 4.82. The maximum Gasteiger partial charge on any atom is 0.111 e. The monoisotopic (exact) mass is 200 g/mol. The molecular formula is C10H16O4. The van der Waals surface area contributed by atoms with Crippen LogP contribution < -0.4 is 0 Å². The van der Waals surface area contributed by atoms with Crippen molar-refractivity contribution in [2.45, 2.75) is 6.92 Å². The Balaban J connectivity index is 0. The van der Waals surface area contributed by atoms with Gasteiger partial charge < -0.3 is 20.1 Å². The maximum absolute atomic E-state index is 8.43. The first-order chi connectivity index (χ1) is 6.54. The van der Waals surface area contributed by atoms with Crippen LogP contribution in [0.5, 0.6) is 0 Å². The Kier molecular flexibility index (Phi) is 12.4. The van der Waals surface area contributed by atoms with Crippen LogP contribution in [-0.2, 0) is 4.74 Å². The van der Waals surface area contributed by atoms with Crippen LogP contribution >= 0.6 is 0 Å². The fourth-order valence-corrected chi connectivity index (χ4v) is 0.366. The number of ether oxygens (including phenoxy) is 1. The van der Waals surface area contributed by atoms with Crippen molar-refractivity contribution in [2.75, 3.05) is 19.8 Å². The summed E-state index contributed by atoms with van der Waals surface area (Å²) in [5.41, 5.74) is 0. The lowest BCUT2D eigenvalue weighted by Gasteiger charge is -1.99. The smallest absolute Gasteiger partial charge is 0.111 e. The van der Waals surface area contributed by atoms with E-state index < -0.39 is 0 Å². The van der Waals surface area contributed by atoms with Crippen LogP contribution in [-0.4, -0.2) is 35.1 Å². The minimum atomic E-state index is -0.0590. The standard InChI is InChI=1S/C6H10O3.C4H6O/c1-5(7)3-9-4-6(2)8;1-2-3-4-5/h7-8H,1-4H2;5H,4H2,1H3. The van der Waals surface area contributed by atoms with Gasteiger partial charge in [-0.25, -0.2) is 0 Å². The van der Waals surface area contributed by atoms with Crippen LogP contribution in [0.25, 0.3) is 0 Å². The quantitative estimate of drug-likeness (QED) is 0.470. The van der Waals surface area contributed by atoms with E-state index in [2.05, 4.69) is 29.7 Å². The zero-order valence-electron chi connectivity index (χ0n) is 8.29. The molecule has 0 heterocycles. The number of aliphatic hydroxyl groups excluding tert-OH is 3. The lowest BCUT2D eigenvalue weighted by molar-refractivity contribution is 0.124. The van der Waals surface area contributed by atoms with Gasteiger partial charge in [0.1, 0.15) is 31.3 Å². The van der Waals surface area contributed by atoms with Gasteiger partial charge in [-0.05, 0) is 6.92 Å². The molecule has 4 heteroatoms. The lowest BCUT2D eigenvalue weighted by atomic mass is 10.6. The van der Waals surface area contributed by atoms with Gasteiger partial charge in [-0.15, -0.1) is 5.92 Å². The molecule has 0 bridgehead atoms. The van der Waals surface area contributed by atoms with Crippen molar-refractivity contribution in [2.24, 2.45) is 0 Å². The van der Waals surface area contributed by atoms with E-state index in [0.717, 1.165) is 0 Å². The Labute approximate surface area is 84.1 Å². The van der Waals surface area contributed by atoms with Crippen molar-refractivity contribution in [3.05, 3.63) is 24.7 Å². The zero-order valence-corrected chi connectivity index (χ0v) is 8.29. The molecule has 0 aliphatic heterocycles. The molecule has 0 aromatic heterocycles. The van der Waals surface area contributed by atoms with E-state index in [-0.39, 0.29) is 31.3 Å². The fraction of sp³-hybridized carbons (Fsp3) is 0.400. The Hall–Kier alpha value is -1.44. The first-order valence-electron chi connectivity index (χ1n) is 3.86. The molecule has 0 aliphatic carbocycles. The highest BCUT2D eigenvalue weighted by Gasteiger charge is 1.90. The van der Waals surface area contributed by atoms with E-state index in [1.165, 1.54) is 0 Å². The van der Waals surface area contributed by atoms with Crippen LogP contribution in [0.2, 0.25) is 0 Å². The Bertz CT molecular complexity index is 208. The van der Waals surface area contributed by atoms with Crippen molar-refractivity contribution >= 4 is 0 Å². The zero-order chi connectivity index (χ0) is 11.4. The summed E-state index contributed by atoms with van der Waals surface area (Å²) >= 11 is 0. The minimum Gasteiger partial charge on any atom is -0.510 e. The molecule has 80 valence electrons. The molecule has 0 aliphatic rings. The SMILES string of the molecule is C=C(O)COCC(=C)O.CC#CCO. The molecule has 0 radical (unpaired) electrons. The summed E-state index contributed by atoms with van der Waals surface area (Å²) in [5, 5.41) is 24.8. The molecule has 0 aromatic rings. The summed E-state index contributed by atoms with van der Waals surface area (Å²) in [4.78, 5) is 0. The second-order valence-corrected chi connectivity index (χ2v) is 2.21. The molecule has 0 atom stereocenters. The van der Waals surface area contributed by atoms with Crippen molar-refractivity contribution in [1.82, 2.24) is 0 Å². The van der Waals surface area contributed by atoms with Gasteiger partial charge >= 0.3 is 0 Å². The Morgan fingerprint density at radius 2 is 1.64 bits per heavy atom. The van der Waals surface area contributed by atoms with Gasteiger partial charge in [-0.3, -0.25) is 0 Å². The highest BCUT2D eigenvalue weighted by molar-refractivity contribution is 4.93. The van der Waals surface area contributed by atoms with Gasteiger partial charge in [-0.1, -0.05) is 19.1 Å². The lowest BCUT2D eigenvalue weighted by Crippen LogP contribution is -1.99. The third kappa shape index (κ3) is 22.4. The average Bonchev–Trinajstić information content (AvgIpc) is 2.05. The molecule has 0 fully saturated rings. The molecular weight excluding hydrogens is 184 g/mol. The van der Waals surface area contributed by atoms with Crippen LogP contribution in [0.4, 0.5) is 0 Å². The topological polar surface area (TPSA) is 69.9 Å². The molecule has 0 rings (SSSR count). The van der Waals surface area contributed by atoms with Crippen molar-refractivity contribution in [3.63, 3.8) is 0 Å². The van der Waals surface area contributed by atoms with E-state index in [1.54, 1.807) is 6.92 Å². The van der Waals surface area contributed by atoms with Gasteiger partial charge in [0, 0.05) is 0 Å². The average molecular weight is 200 g/mol. The highest BCUT2D eigenvalue weighted by Crippen LogP contribution is 1.87. The maximum atomic E-state index is 8.43. The van der Waals surface area contributed by atoms with Crippen molar-refractivity contribution in [3.8, 4) is 11.8 Å². The second kappa shape index (κ2) is 11.6. The largest absolute Gasteiger partial charge is 0.510 e. The van der Waals surface area contributed by atoms with Crippen LogP contribution in [0.15, 0.2) is 24.7 Å². The predicted molar refractivity (Wildman–Crippen MR) is 54.9 cm³/mol. The predicted octanol–water partition coefficient (Wildman–Crippen LogP) is 1.15. The first-order valence-corrected chi connectivity index (χ1v) is 3.86. The van der Waals surface area contributed by atoms with Gasteiger partial charge in [-0.2, -0.15) is 0 Å². The molecule has 0 amide bonds. The molecule has 3 N–H and O–H groups in total. The number of hydrogen-bond donors (Lipinski definition) is 3. The molecule has 4 nitrogen and oxygen atoms in total. The second-order valence-electron chi connectivity index (χ2n) is 2.21. The Morgan fingerprint density at radius 3 is 1.79 bits per heavy atom. The van der Waals surface area contributed by atoms with E-state index >= 15 is 0 Å². The van der Waals surface area contributed by atoms with Crippen LogP contribution in [0.1, 0.15) is 6.92 Å².